The predicted octanol–water partition coefficient (Wildman–Crippen LogP) is 4.50. The first-order valence-corrected chi connectivity index (χ1v) is 13.1. The van der Waals surface area contributed by atoms with E-state index in [1.807, 2.05) is 42.7 Å². The highest BCUT2D eigenvalue weighted by Gasteiger charge is 2.24. The first-order chi connectivity index (χ1) is 19.0. The summed E-state index contributed by atoms with van der Waals surface area (Å²) in [5.74, 6) is 1.07. The van der Waals surface area contributed by atoms with Gasteiger partial charge in [0.05, 0.1) is 11.2 Å². The van der Waals surface area contributed by atoms with Crippen molar-refractivity contribution in [1.82, 2.24) is 15.0 Å². The van der Waals surface area contributed by atoms with Gasteiger partial charge in [0, 0.05) is 45.1 Å². The molecule has 0 spiro atoms. The number of aromatic amines is 3. The molecule has 3 aromatic heterocycles. The number of H-pyrrole nitrogens is 3. The highest BCUT2D eigenvalue weighted by Crippen LogP contribution is 2.47. The van der Waals surface area contributed by atoms with Crippen LogP contribution in [0.3, 0.4) is 0 Å². The highest BCUT2D eigenvalue weighted by atomic mass is 16.5. The van der Waals surface area contributed by atoms with E-state index in [-0.39, 0.29) is 11.5 Å². The summed E-state index contributed by atoms with van der Waals surface area (Å²) in [5, 5.41) is 24.8. The molecule has 0 bridgehead atoms. The summed E-state index contributed by atoms with van der Waals surface area (Å²) in [7, 11) is 0. The second-order valence-corrected chi connectivity index (χ2v) is 9.75. The topological polar surface area (TPSA) is 175 Å². The lowest BCUT2D eigenvalue weighted by Gasteiger charge is -2.13. The van der Waals surface area contributed by atoms with Gasteiger partial charge in [-0.25, -0.2) is 0 Å². The zero-order valence-corrected chi connectivity index (χ0v) is 21.5. The molecule has 0 unspecified atom stereocenters. The molecule has 0 aliphatic heterocycles. The second kappa shape index (κ2) is 10.0. The summed E-state index contributed by atoms with van der Waals surface area (Å²) in [5.41, 5.74) is 24.8. The third-order valence-corrected chi connectivity index (χ3v) is 7.34. The number of benzene rings is 3. The van der Waals surface area contributed by atoms with Gasteiger partial charge in [0.15, 0.2) is 11.5 Å². The maximum absolute atomic E-state index is 11.1. The molecular weight excluding hydrogens is 492 g/mol. The number of hydrogen-bond donors (Lipinski definition) is 8. The monoisotopic (exact) mass is 524 g/mol. The number of phenolic OH excluding ortho intramolecular Hbond substituents is 2. The van der Waals surface area contributed by atoms with Crippen LogP contribution in [-0.2, 0) is 19.3 Å². The number of aromatic nitrogens is 3. The smallest absolute Gasteiger partial charge is 0.178 e. The minimum absolute atomic E-state index is 0.00978. The lowest BCUT2D eigenvalue weighted by atomic mass is 9.96. The number of aromatic hydroxyl groups is 2. The second-order valence-electron chi connectivity index (χ2n) is 9.75. The van der Waals surface area contributed by atoms with Crippen LogP contribution in [0, 0.1) is 0 Å². The fourth-order valence-corrected chi connectivity index (χ4v) is 5.61. The van der Waals surface area contributed by atoms with E-state index >= 15 is 0 Å². The maximum atomic E-state index is 11.1. The van der Waals surface area contributed by atoms with Crippen molar-refractivity contribution in [3.05, 3.63) is 71.5 Å². The Balaban J connectivity index is 1.56. The highest BCUT2D eigenvalue weighted by molar-refractivity contribution is 6.05. The number of rotatable bonds is 9. The van der Waals surface area contributed by atoms with Crippen molar-refractivity contribution in [2.24, 2.45) is 17.2 Å². The minimum Gasteiger partial charge on any atom is -0.507 e. The van der Waals surface area contributed by atoms with Crippen molar-refractivity contribution >= 4 is 32.7 Å². The third-order valence-electron chi connectivity index (χ3n) is 7.34. The molecule has 3 heterocycles. The lowest BCUT2D eigenvalue weighted by molar-refractivity contribution is 0.415. The number of ether oxygens (including phenoxy) is 1. The van der Waals surface area contributed by atoms with Crippen LogP contribution >= 0.6 is 0 Å². The fraction of sp³-hybridized carbons (Fsp3) is 0.200. The van der Waals surface area contributed by atoms with E-state index in [1.54, 1.807) is 12.1 Å². The van der Waals surface area contributed by atoms with Gasteiger partial charge in [-0.1, -0.05) is 0 Å². The molecule has 9 nitrogen and oxygen atoms in total. The minimum atomic E-state index is 0.00978. The zero-order valence-electron chi connectivity index (χ0n) is 21.5. The number of hydrogen-bond acceptors (Lipinski definition) is 6. The van der Waals surface area contributed by atoms with E-state index in [0.717, 1.165) is 61.5 Å². The van der Waals surface area contributed by atoms with E-state index < -0.39 is 0 Å². The van der Waals surface area contributed by atoms with E-state index in [4.69, 9.17) is 21.9 Å². The Morgan fingerprint density at radius 1 is 0.692 bits per heavy atom. The van der Waals surface area contributed by atoms with Gasteiger partial charge in [-0.2, -0.15) is 0 Å². The van der Waals surface area contributed by atoms with Gasteiger partial charge in [0.1, 0.15) is 11.5 Å². The van der Waals surface area contributed by atoms with Gasteiger partial charge in [0.25, 0.3) is 0 Å². The SMILES string of the molecule is NCCc1c[nH]c2ccc(Oc3c(O)ccc4[nH]c(-c5c(O)ccc6[nH]cc(CCN)c56)c(CCN)c34)cc12. The first-order valence-electron chi connectivity index (χ1n) is 13.1. The van der Waals surface area contributed by atoms with Crippen LogP contribution in [0.2, 0.25) is 0 Å². The van der Waals surface area contributed by atoms with Crippen LogP contribution in [0.5, 0.6) is 23.0 Å². The van der Waals surface area contributed by atoms with E-state index in [0.29, 0.717) is 49.5 Å². The average Bonchev–Trinajstić information content (AvgIpc) is 3.63. The van der Waals surface area contributed by atoms with Crippen molar-refractivity contribution in [2.75, 3.05) is 19.6 Å². The normalized spacial score (nSPS) is 11.8. The molecule has 200 valence electrons. The molecule has 9 heteroatoms. The van der Waals surface area contributed by atoms with Gasteiger partial charge in [-0.05, 0) is 98.1 Å². The molecule has 0 amide bonds. The molecule has 6 aromatic rings. The Hall–Kier alpha value is -4.44. The van der Waals surface area contributed by atoms with Crippen LogP contribution in [0.15, 0.2) is 54.9 Å². The van der Waals surface area contributed by atoms with Crippen molar-refractivity contribution in [1.29, 1.82) is 0 Å². The molecule has 0 saturated heterocycles. The summed E-state index contributed by atoms with van der Waals surface area (Å²) in [4.78, 5) is 10.1. The van der Waals surface area contributed by atoms with Crippen molar-refractivity contribution in [3.8, 4) is 34.3 Å². The summed E-state index contributed by atoms with van der Waals surface area (Å²) >= 11 is 0. The zero-order chi connectivity index (χ0) is 27.1. The Morgan fingerprint density at radius 3 is 2.15 bits per heavy atom. The Labute approximate surface area is 224 Å². The van der Waals surface area contributed by atoms with Crippen LogP contribution < -0.4 is 21.9 Å². The number of nitrogens with two attached hydrogens (primary N) is 3. The summed E-state index contributed by atoms with van der Waals surface area (Å²) < 4.78 is 6.39. The summed E-state index contributed by atoms with van der Waals surface area (Å²) in [6.45, 7) is 1.39. The fourth-order valence-electron chi connectivity index (χ4n) is 5.61. The third kappa shape index (κ3) is 4.17. The Morgan fingerprint density at radius 2 is 1.36 bits per heavy atom. The maximum Gasteiger partial charge on any atom is 0.178 e. The molecule has 0 radical (unpaired) electrons. The Kier molecular flexibility index (Phi) is 6.40. The molecule has 0 saturated carbocycles. The first kappa shape index (κ1) is 24.9. The lowest BCUT2D eigenvalue weighted by Crippen LogP contribution is -2.04. The molecule has 0 fully saturated rings. The molecule has 0 atom stereocenters. The van der Waals surface area contributed by atoms with E-state index in [1.165, 1.54) is 0 Å². The van der Waals surface area contributed by atoms with Crippen molar-refractivity contribution in [2.45, 2.75) is 19.3 Å². The van der Waals surface area contributed by atoms with Gasteiger partial charge in [-0.15, -0.1) is 0 Å². The Bertz CT molecular complexity index is 1810. The van der Waals surface area contributed by atoms with E-state index in [2.05, 4.69) is 15.0 Å². The molecular formula is C30H32N6O3. The molecule has 0 aliphatic carbocycles. The molecule has 0 aliphatic rings. The molecule has 39 heavy (non-hydrogen) atoms. The van der Waals surface area contributed by atoms with Crippen LogP contribution in [0.4, 0.5) is 0 Å². The van der Waals surface area contributed by atoms with Crippen LogP contribution in [-0.4, -0.2) is 44.8 Å². The molecule has 11 N–H and O–H groups in total. The predicted molar refractivity (Wildman–Crippen MR) is 156 cm³/mol. The van der Waals surface area contributed by atoms with Gasteiger partial charge >= 0.3 is 0 Å². The van der Waals surface area contributed by atoms with E-state index in [9.17, 15) is 10.2 Å². The summed E-state index contributed by atoms with van der Waals surface area (Å²) in [6, 6.07) is 12.7. The van der Waals surface area contributed by atoms with Gasteiger partial charge < -0.3 is 47.1 Å². The average molecular weight is 525 g/mol. The number of nitrogens with one attached hydrogen (secondary N) is 3. The van der Waals surface area contributed by atoms with Crippen molar-refractivity contribution in [3.63, 3.8) is 0 Å². The van der Waals surface area contributed by atoms with Crippen molar-refractivity contribution < 1.29 is 14.9 Å². The standard InChI is InChI=1S/C30H32N6O3/c31-10-7-16-14-34-21-2-1-18(13-20(16)21)39-30-25(38)6-4-23-27(30)19(9-12-33)29(36-23)28-24(37)5-3-22-26(28)17(8-11-32)15-35-22/h1-6,13-15,34-38H,7-12,31-33H2. The van der Waals surface area contributed by atoms with Gasteiger partial charge in [-0.3, -0.25) is 0 Å². The van der Waals surface area contributed by atoms with Crippen LogP contribution in [0.25, 0.3) is 44.0 Å². The molecule has 3 aromatic carbocycles. The van der Waals surface area contributed by atoms with Gasteiger partial charge in [0.2, 0.25) is 0 Å². The number of phenols is 2. The van der Waals surface area contributed by atoms with Crippen LogP contribution in [0.1, 0.15) is 16.7 Å². The quantitative estimate of drug-likeness (QED) is 0.138. The largest absolute Gasteiger partial charge is 0.507 e. The number of fused-ring (bicyclic) bond motifs is 3. The summed E-state index contributed by atoms with van der Waals surface area (Å²) in [6.07, 6.45) is 5.80. The molecule has 6 rings (SSSR count).